The summed E-state index contributed by atoms with van der Waals surface area (Å²) >= 11 is 0. The van der Waals surface area contributed by atoms with E-state index in [9.17, 15) is 18.0 Å². The fraction of sp³-hybridized carbons (Fsp3) is 0.333. The molecule has 0 aliphatic rings. The van der Waals surface area contributed by atoms with E-state index in [1.165, 1.54) is 17.0 Å². The molecule has 0 unspecified atom stereocenters. The monoisotopic (exact) mass is 535 g/mol. The predicted molar refractivity (Wildman–Crippen MR) is 151 cm³/mol. The number of hydrogen-bond donors (Lipinski definition) is 1. The number of nitrogens with one attached hydrogen (secondary N) is 1. The Morgan fingerprint density at radius 3 is 2.11 bits per heavy atom. The third-order valence-corrected chi connectivity index (χ3v) is 8.37. The summed E-state index contributed by atoms with van der Waals surface area (Å²) in [4.78, 5) is 28.5. The first-order valence-electron chi connectivity index (χ1n) is 12.9. The number of aryl methyl sites for hydroxylation is 2. The molecular formula is C30H37N3O4S. The van der Waals surface area contributed by atoms with Crippen LogP contribution in [0.2, 0.25) is 0 Å². The molecular weight excluding hydrogens is 498 g/mol. The predicted octanol–water partition coefficient (Wildman–Crippen LogP) is 4.83. The molecule has 0 saturated heterocycles. The normalized spacial score (nSPS) is 12.0. The van der Waals surface area contributed by atoms with Crippen molar-refractivity contribution < 1.29 is 18.0 Å². The van der Waals surface area contributed by atoms with Gasteiger partial charge < -0.3 is 10.2 Å². The summed E-state index contributed by atoms with van der Waals surface area (Å²) in [6.45, 7) is 7.73. The molecule has 0 aliphatic carbocycles. The Morgan fingerprint density at radius 2 is 1.47 bits per heavy atom. The molecule has 3 aromatic carbocycles. The van der Waals surface area contributed by atoms with Crippen LogP contribution in [0.1, 0.15) is 43.4 Å². The maximum atomic E-state index is 13.9. The van der Waals surface area contributed by atoms with Gasteiger partial charge in [-0.2, -0.15) is 0 Å². The van der Waals surface area contributed by atoms with Gasteiger partial charge in [0, 0.05) is 13.1 Å². The van der Waals surface area contributed by atoms with E-state index in [0.29, 0.717) is 12.2 Å². The number of para-hydroxylation sites is 1. The van der Waals surface area contributed by atoms with Gasteiger partial charge in [0.1, 0.15) is 12.6 Å². The van der Waals surface area contributed by atoms with Crippen molar-refractivity contribution in [1.82, 2.24) is 10.2 Å². The fourth-order valence-corrected chi connectivity index (χ4v) is 5.67. The second-order valence-electron chi connectivity index (χ2n) is 9.38. The van der Waals surface area contributed by atoms with Crippen molar-refractivity contribution in [3.63, 3.8) is 0 Å². The Morgan fingerprint density at radius 1 is 0.868 bits per heavy atom. The summed E-state index contributed by atoms with van der Waals surface area (Å²) in [5.74, 6) is -0.733. The van der Waals surface area contributed by atoms with Gasteiger partial charge in [-0.15, -0.1) is 0 Å². The number of amides is 2. The Labute approximate surface area is 226 Å². The Bertz CT molecular complexity index is 1340. The van der Waals surface area contributed by atoms with E-state index in [1.54, 1.807) is 37.3 Å². The maximum Gasteiger partial charge on any atom is 0.264 e. The van der Waals surface area contributed by atoms with Crippen molar-refractivity contribution in [2.24, 2.45) is 0 Å². The van der Waals surface area contributed by atoms with Gasteiger partial charge in [0.2, 0.25) is 11.8 Å². The lowest BCUT2D eigenvalue weighted by Crippen LogP contribution is -2.51. The van der Waals surface area contributed by atoms with Crippen LogP contribution in [0, 0.1) is 13.8 Å². The highest BCUT2D eigenvalue weighted by Crippen LogP contribution is 2.27. The van der Waals surface area contributed by atoms with E-state index >= 15 is 0 Å². The van der Waals surface area contributed by atoms with Gasteiger partial charge in [0.05, 0.1) is 10.6 Å². The van der Waals surface area contributed by atoms with Crippen molar-refractivity contribution >= 4 is 27.5 Å². The molecule has 0 bridgehead atoms. The zero-order valence-electron chi connectivity index (χ0n) is 22.6. The first kappa shape index (κ1) is 28.9. The van der Waals surface area contributed by atoms with Crippen molar-refractivity contribution in [2.45, 2.75) is 58.0 Å². The van der Waals surface area contributed by atoms with Crippen molar-refractivity contribution in [1.29, 1.82) is 0 Å². The lowest BCUT2D eigenvalue weighted by atomic mass is 10.1. The van der Waals surface area contributed by atoms with Gasteiger partial charge in [-0.1, -0.05) is 74.0 Å². The van der Waals surface area contributed by atoms with Crippen LogP contribution in [0.4, 0.5) is 5.69 Å². The van der Waals surface area contributed by atoms with Crippen LogP contribution < -0.4 is 9.62 Å². The molecule has 0 radical (unpaired) electrons. The average Bonchev–Trinajstić information content (AvgIpc) is 2.91. The molecule has 0 saturated carbocycles. The number of sulfonamides is 1. The quantitative estimate of drug-likeness (QED) is 0.337. The third-order valence-electron chi connectivity index (χ3n) is 6.59. The standard InChI is InChI=1S/C30H37N3O4S/c1-5-6-20-31-30(35)25(4)32(21-26-16-12-10-14-23(26)2)29(34)22-33(28-19-13-11-15-24(28)3)38(36,37)27-17-8-7-9-18-27/h7-19,25H,5-6,20-22H2,1-4H3,(H,31,35)/t25-/m1/s1. The second-order valence-corrected chi connectivity index (χ2v) is 11.2. The van der Waals surface area contributed by atoms with Crippen LogP contribution in [0.15, 0.2) is 83.8 Å². The van der Waals surface area contributed by atoms with Gasteiger partial charge in [-0.25, -0.2) is 8.42 Å². The van der Waals surface area contributed by atoms with Crippen LogP contribution in [0.5, 0.6) is 0 Å². The van der Waals surface area contributed by atoms with Crippen molar-refractivity contribution in [3.8, 4) is 0 Å². The number of unbranched alkanes of at least 4 members (excludes halogenated alkanes) is 1. The smallest absolute Gasteiger partial charge is 0.264 e. The second kappa shape index (κ2) is 13.2. The summed E-state index contributed by atoms with van der Waals surface area (Å²) in [5.41, 5.74) is 3.01. The van der Waals surface area contributed by atoms with Crippen LogP contribution >= 0.6 is 0 Å². The molecule has 0 aliphatic heterocycles. The number of carbonyl (C=O) groups excluding carboxylic acids is 2. The minimum Gasteiger partial charge on any atom is -0.354 e. The molecule has 8 heteroatoms. The minimum absolute atomic E-state index is 0.0897. The van der Waals surface area contributed by atoms with Gasteiger partial charge in [-0.3, -0.25) is 13.9 Å². The number of rotatable bonds is 12. The van der Waals surface area contributed by atoms with Crippen molar-refractivity contribution in [3.05, 3.63) is 95.6 Å². The Hall–Kier alpha value is -3.65. The molecule has 3 aromatic rings. The van der Waals surface area contributed by atoms with E-state index in [1.807, 2.05) is 57.2 Å². The highest BCUT2D eigenvalue weighted by atomic mass is 32.2. The van der Waals surface area contributed by atoms with Crippen LogP contribution in [-0.4, -0.2) is 44.3 Å². The van der Waals surface area contributed by atoms with Crippen LogP contribution in [0.3, 0.4) is 0 Å². The molecule has 38 heavy (non-hydrogen) atoms. The lowest BCUT2D eigenvalue weighted by Gasteiger charge is -2.32. The number of nitrogens with zero attached hydrogens (tertiary/aromatic N) is 2. The molecule has 1 atom stereocenters. The number of anilines is 1. The SMILES string of the molecule is CCCCNC(=O)[C@@H](C)N(Cc1ccccc1C)C(=O)CN(c1ccccc1C)S(=O)(=O)c1ccccc1. The molecule has 0 aromatic heterocycles. The average molecular weight is 536 g/mol. The maximum absolute atomic E-state index is 13.9. The third kappa shape index (κ3) is 7.01. The van der Waals surface area contributed by atoms with Crippen LogP contribution in [-0.2, 0) is 26.2 Å². The van der Waals surface area contributed by atoms with E-state index in [-0.39, 0.29) is 17.3 Å². The van der Waals surface area contributed by atoms with Gasteiger partial charge in [0.15, 0.2) is 0 Å². The molecule has 3 rings (SSSR count). The molecule has 0 spiro atoms. The fourth-order valence-electron chi connectivity index (χ4n) is 4.17. The Kier molecular flexibility index (Phi) is 10.1. The number of carbonyl (C=O) groups is 2. The van der Waals surface area contributed by atoms with Crippen LogP contribution in [0.25, 0.3) is 0 Å². The largest absolute Gasteiger partial charge is 0.354 e. The van der Waals surface area contributed by atoms with Gasteiger partial charge in [0.25, 0.3) is 10.0 Å². The molecule has 0 fully saturated rings. The number of hydrogen-bond acceptors (Lipinski definition) is 4. The first-order valence-corrected chi connectivity index (χ1v) is 14.4. The van der Waals surface area contributed by atoms with E-state index < -0.39 is 28.5 Å². The molecule has 202 valence electrons. The van der Waals surface area contributed by atoms with Gasteiger partial charge >= 0.3 is 0 Å². The summed E-state index contributed by atoms with van der Waals surface area (Å²) in [6, 6.07) is 22.0. The summed E-state index contributed by atoms with van der Waals surface area (Å²) in [5, 5.41) is 2.90. The zero-order chi connectivity index (χ0) is 27.7. The van der Waals surface area contributed by atoms with Crippen molar-refractivity contribution in [2.75, 3.05) is 17.4 Å². The Balaban J connectivity index is 2.01. The number of benzene rings is 3. The van der Waals surface area contributed by atoms with E-state index in [0.717, 1.165) is 33.8 Å². The molecule has 0 heterocycles. The van der Waals surface area contributed by atoms with Gasteiger partial charge in [-0.05, 0) is 62.1 Å². The molecule has 7 nitrogen and oxygen atoms in total. The molecule has 1 N–H and O–H groups in total. The van der Waals surface area contributed by atoms with E-state index in [2.05, 4.69) is 5.32 Å². The van der Waals surface area contributed by atoms with E-state index in [4.69, 9.17) is 0 Å². The first-order chi connectivity index (χ1) is 18.2. The highest BCUT2D eigenvalue weighted by Gasteiger charge is 2.33. The highest BCUT2D eigenvalue weighted by molar-refractivity contribution is 7.92. The minimum atomic E-state index is -4.06. The summed E-state index contributed by atoms with van der Waals surface area (Å²) in [7, 11) is -4.06. The lowest BCUT2D eigenvalue weighted by molar-refractivity contribution is -0.139. The summed E-state index contributed by atoms with van der Waals surface area (Å²) < 4.78 is 28.8. The zero-order valence-corrected chi connectivity index (χ0v) is 23.4. The molecule has 2 amide bonds. The topological polar surface area (TPSA) is 86.8 Å². The summed E-state index contributed by atoms with van der Waals surface area (Å²) in [6.07, 6.45) is 1.77.